The molecular formula is C13H8BrNO. The van der Waals surface area contributed by atoms with Crippen molar-refractivity contribution in [2.45, 2.75) is 0 Å². The lowest BCUT2D eigenvalue weighted by Crippen LogP contribution is -2.07. The number of H-pyrrole nitrogens is 1. The van der Waals surface area contributed by atoms with Crippen LogP contribution in [0.2, 0.25) is 0 Å². The molecule has 16 heavy (non-hydrogen) atoms. The molecule has 0 saturated carbocycles. The lowest BCUT2D eigenvalue weighted by atomic mass is 10.1. The van der Waals surface area contributed by atoms with Gasteiger partial charge in [0.05, 0.1) is 4.47 Å². The fourth-order valence-corrected chi connectivity index (χ4v) is 2.21. The molecule has 78 valence electrons. The van der Waals surface area contributed by atoms with Crippen LogP contribution in [0.3, 0.4) is 0 Å². The molecule has 0 radical (unpaired) electrons. The third-order valence-electron chi connectivity index (χ3n) is 2.68. The third-order valence-corrected chi connectivity index (χ3v) is 3.30. The molecule has 0 unspecified atom stereocenters. The van der Waals surface area contributed by atoms with Crippen molar-refractivity contribution in [2.75, 3.05) is 0 Å². The van der Waals surface area contributed by atoms with Gasteiger partial charge in [0.2, 0.25) is 5.43 Å². The lowest BCUT2D eigenvalue weighted by molar-refractivity contribution is 1.36. The molecule has 0 fully saturated rings. The number of aromatic nitrogens is 1. The first kappa shape index (κ1) is 9.60. The number of aromatic amines is 1. The second kappa shape index (κ2) is 3.46. The number of hydrogen-bond acceptors (Lipinski definition) is 1. The van der Waals surface area contributed by atoms with Crippen molar-refractivity contribution in [1.82, 2.24) is 4.98 Å². The molecule has 1 N–H and O–H groups in total. The fourth-order valence-electron chi connectivity index (χ4n) is 1.86. The summed E-state index contributed by atoms with van der Waals surface area (Å²) in [5.41, 5.74) is 2.65. The molecule has 3 heteroatoms. The van der Waals surface area contributed by atoms with Gasteiger partial charge in [-0.15, -0.1) is 0 Å². The van der Waals surface area contributed by atoms with Gasteiger partial charge in [0.25, 0.3) is 0 Å². The maximum absolute atomic E-state index is 11.9. The molecule has 1 aliphatic carbocycles. The van der Waals surface area contributed by atoms with Gasteiger partial charge in [0, 0.05) is 16.8 Å². The van der Waals surface area contributed by atoms with Crippen LogP contribution in [0.15, 0.2) is 51.7 Å². The average molecular weight is 274 g/mol. The molecule has 2 nitrogen and oxygen atoms in total. The molecule has 0 aromatic heterocycles. The Bertz CT molecular complexity index is 702. The predicted octanol–water partition coefficient (Wildman–Crippen LogP) is 3.40. The first-order chi connectivity index (χ1) is 7.75. The van der Waals surface area contributed by atoms with Gasteiger partial charge in [-0.3, -0.25) is 4.79 Å². The van der Waals surface area contributed by atoms with Crippen LogP contribution in [0.5, 0.6) is 0 Å². The lowest BCUT2D eigenvalue weighted by Gasteiger charge is -2.07. The van der Waals surface area contributed by atoms with Crippen molar-refractivity contribution < 1.29 is 0 Å². The number of benzene rings is 2. The normalized spacial score (nSPS) is 11.1. The number of fused-ring (bicyclic) bond motifs is 2. The summed E-state index contributed by atoms with van der Waals surface area (Å²) >= 11 is 3.25. The number of halogens is 1. The van der Waals surface area contributed by atoms with Gasteiger partial charge in [0.1, 0.15) is 0 Å². The Morgan fingerprint density at radius 1 is 1.06 bits per heavy atom. The van der Waals surface area contributed by atoms with Gasteiger partial charge < -0.3 is 4.98 Å². The van der Waals surface area contributed by atoms with Gasteiger partial charge in [-0.2, -0.15) is 0 Å². The number of hydrogen-bond donors (Lipinski definition) is 1. The van der Waals surface area contributed by atoms with Crippen molar-refractivity contribution in [2.24, 2.45) is 0 Å². The van der Waals surface area contributed by atoms with E-state index >= 15 is 0 Å². The molecule has 0 amide bonds. The van der Waals surface area contributed by atoms with Crippen LogP contribution in [0.25, 0.3) is 22.2 Å². The number of rotatable bonds is 0. The quantitative estimate of drug-likeness (QED) is 0.626. The van der Waals surface area contributed by atoms with Crippen molar-refractivity contribution >= 4 is 26.8 Å². The molecule has 0 spiro atoms. The molecule has 1 aromatic rings. The van der Waals surface area contributed by atoms with Crippen LogP contribution in [-0.2, 0) is 0 Å². The molecule has 2 aliphatic rings. The molecule has 3 rings (SSSR count). The zero-order valence-electron chi connectivity index (χ0n) is 8.33. The highest BCUT2D eigenvalue weighted by atomic mass is 79.9. The highest BCUT2D eigenvalue weighted by Gasteiger charge is 2.09. The van der Waals surface area contributed by atoms with E-state index in [1.165, 1.54) is 0 Å². The summed E-state index contributed by atoms with van der Waals surface area (Å²) in [4.78, 5) is 15.2. The van der Waals surface area contributed by atoms with Gasteiger partial charge in [-0.05, 0) is 45.6 Å². The van der Waals surface area contributed by atoms with Crippen LogP contribution in [0, 0.1) is 0 Å². The summed E-state index contributed by atoms with van der Waals surface area (Å²) in [5, 5.41) is 1.05. The zero-order chi connectivity index (χ0) is 11.1. The number of para-hydroxylation sites is 1. The van der Waals surface area contributed by atoms with Gasteiger partial charge >= 0.3 is 0 Å². The Morgan fingerprint density at radius 2 is 1.88 bits per heavy atom. The van der Waals surface area contributed by atoms with Gasteiger partial charge in [0.15, 0.2) is 0 Å². The minimum Gasteiger partial charge on any atom is -0.354 e. The van der Waals surface area contributed by atoms with E-state index in [0.29, 0.717) is 10.0 Å². The maximum atomic E-state index is 11.9. The first-order valence-electron chi connectivity index (χ1n) is 4.96. The first-order valence-corrected chi connectivity index (χ1v) is 5.75. The molecule has 1 aromatic carbocycles. The Kier molecular flexibility index (Phi) is 2.07. The monoisotopic (exact) mass is 273 g/mol. The van der Waals surface area contributed by atoms with E-state index < -0.39 is 0 Å². The number of nitrogens with one attached hydrogen (secondary N) is 1. The van der Waals surface area contributed by atoms with E-state index in [-0.39, 0.29) is 5.43 Å². The van der Waals surface area contributed by atoms with Crippen molar-refractivity contribution in [3.05, 3.63) is 57.2 Å². The maximum Gasteiger partial charge on any atom is 0.202 e. The second-order valence-electron chi connectivity index (χ2n) is 3.69. The Balaban J connectivity index is 2.53. The highest BCUT2D eigenvalue weighted by Crippen LogP contribution is 2.23. The van der Waals surface area contributed by atoms with Crippen LogP contribution < -0.4 is 5.43 Å². The summed E-state index contributed by atoms with van der Waals surface area (Å²) in [6, 6.07) is 13.5. The zero-order valence-corrected chi connectivity index (χ0v) is 9.91. The molecule has 0 saturated heterocycles. The Hall–Kier alpha value is -1.61. The summed E-state index contributed by atoms with van der Waals surface area (Å²) in [7, 11) is 0. The van der Waals surface area contributed by atoms with Crippen molar-refractivity contribution in [3.63, 3.8) is 0 Å². The SMILES string of the molecule is O=c1c(Br)ccc2[nH]c3ccccc3cc1-2. The van der Waals surface area contributed by atoms with Crippen LogP contribution in [0.4, 0.5) is 0 Å². The van der Waals surface area contributed by atoms with E-state index in [1.807, 2.05) is 36.4 Å². The van der Waals surface area contributed by atoms with Gasteiger partial charge in [-0.1, -0.05) is 18.2 Å². The van der Waals surface area contributed by atoms with E-state index in [1.54, 1.807) is 6.07 Å². The Labute approximate surface area is 100 Å². The van der Waals surface area contributed by atoms with Crippen molar-refractivity contribution in [3.8, 4) is 11.3 Å². The summed E-state index contributed by atoms with van der Waals surface area (Å²) in [6.07, 6.45) is 0. The van der Waals surface area contributed by atoms with Gasteiger partial charge in [-0.25, -0.2) is 0 Å². The molecule has 0 bridgehead atoms. The summed E-state index contributed by atoms with van der Waals surface area (Å²) in [5.74, 6) is 0. The van der Waals surface area contributed by atoms with Crippen LogP contribution in [0.1, 0.15) is 0 Å². The van der Waals surface area contributed by atoms with Crippen LogP contribution >= 0.6 is 15.9 Å². The minimum absolute atomic E-state index is 0.0273. The molecule has 1 aliphatic heterocycles. The minimum atomic E-state index is 0.0273. The summed E-state index contributed by atoms with van der Waals surface area (Å²) < 4.78 is 0.601. The van der Waals surface area contributed by atoms with E-state index in [0.717, 1.165) is 16.6 Å². The fraction of sp³-hybridized carbons (Fsp3) is 0. The topological polar surface area (TPSA) is 32.9 Å². The highest BCUT2D eigenvalue weighted by molar-refractivity contribution is 9.10. The second-order valence-corrected chi connectivity index (χ2v) is 4.55. The molecular weight excluding hydrogens is 266 g/mol. The predicted molar refractivity (Wildman–Crippen MR) is 68.9 cm³/mol. The van der Waals surface area contributed by atoms with Crippen LogP contribution in [-0.4, -0.2) is 4.98 Å². The molecule has 1 heterocycles. The molecule has 0 atom stereocenters. The van der Waals surface area contributed by atoms with Crippen molar-refractivity contribution in [1.29, 1.82) is 0 Å². The van der Waals surface area contributed by atoms with E-state index in [4.69, 9.17) is 0 Å². The number of pyridine rings is 1. The van der Waals surface area contributed by atoms with E-state index in [2.05, 4.69) is 20.9 Å². The smallest absolute Gasteiger partial charge is 0.202 e. The summed E-state index contributed by atoms with van der Waals surface area (Å²) in [6.45, 7) is 0. The van der Waals surface area contributed by atoms with E-state index in [9.17, 15) is 4.79 Å². The third kappa shape index (κ3) is 1.36. The standard InChI is InChI=1S/C13H8BrNO/c14-10-5-6-12-9(13(10)16)7-8-3-1-2-4-11(8)15-12/h1-7,15H. The average Bonchev–Trinajstić information content (AvgIpc) is 2.32. The largest absolute Gasteiger partial charge is 0.354 e. The Morgan fingerprint density at radius 3 is 2.75 bits per heavy atom.